The Hall–Kier alpha value is -1.45. The van der Waals surface area contributed by atoms with E-state index in [1.54, 1.807) is 6.92 Å². The Labute approximate surface area is 70.2 Å². The maximum Gasteiger partial charge on any atom is 0.243 e. The van der Waals surface area contributed by atoms with Gasteiger partial charge in [-0.3, -0.25) is 9.59 Å². The maximum atomic E-state index is 10.9. The van der Waals surface area contributed by atoms with Crippen molar-refractivity contribution in [2.75, 3.05) is 0 Å². The van der Waals surface area contributed by atoms with Crippen LogP contribution in [0.5, 0.6) is 0 Å². The van der Waals surface area contributed by atoms with Crippen molar-refractivity contribution in [1.82, 2.24) is 9.78 Å². The third-order valence-electron chi connectivity index (χ3n) is 1.60. The van der Waals surface area contributed by atoms with E-state index >= 15 is 0 Å². The van der Waals surface area contributed by atoms with Crippen molar-refractivity contribution in [3.05, 3.63) is 17.5 Å². The molecule has 0 spiro atoms. The quantitative estimate of drug-likeness (QED) is 0.586. The van der Waals surface area contributed by atoms with Gasteiger partial charge in [-0.2, -0.15) is 5.10 Å². The summed E-state index contributed by atoms with van der Waals surface area (Å²) < 4.78 is 1.17. The number of carbonyl (C=O) groups excluding carboxylic acids is 2. The molecule has 0 aliphatic rings. The van der Waals surface area contributed by atoms with Crippen LogP contribution in [0.25, 0.3) is 0 Å². The molecule has 1 aromatic heterocycles. The molecule has 0 atom stereocenters. The smallest absolute Gasteiger partial charge is 0.243 e. The van der Waals surface area contributed by atoms with E-state index in [1.165, 1.54) is 24.7 Å². The number of Topliss-reactive ketones (excluding diaryl/α,β-unsaturated/α-hetero) is 1. The predicted octanol–water partition coefficient (Wildman–Crippen LogP) is 1.05. The molecule has 4 nitrogen and oxygen atoms in total. The molecule has 0 aliphatic carbocycles. The third kappa shape index (κ3) is 1.42. The highest BCUT2D eigenvalue weighted by Crippen LogP contribution is 2.05. The zero-order valence-corrected chi connectivity index (χ0v) is 7.29. The van der Waals surface area contributed by atoms with Crippen molar-refractivity contribution in [2.45, 2.75) is 20.8 Å². The first-order valence-corrected chi connectivity index (χ1v) is 3.60. The first-order chi connectivity index (χ1) is 5.52. The minimum absolute atomic E-state index is 0.0694. The van der Waals surface area contributed by atoms with Crippen LogP contribution in [0.4, 0.5) is 0 Å². The van der Waals surface area contributed by atoms with Crippen LogP contribution in [0.1, 0.15) is 34.7 Å². The van der Waals surface area contributed by atoms with Gasteiger partial charge in [0.1, 0.15) is 0 Å². The molecule has 0 aliphatic heterocycles. The summed E-state index contributed by atoms with van der Waals surface area (Å²) in [7, 11) is 0. The first kappa shape index (κ1) is 8.64. The summed E-state index contributed by atoms with van der Waals surface area (Å²) in [5.41, 5.74) is 1.10. The molecule has 1 rings (SSSR count). The lowest BCUT2D eigenvalue weighted by molar-refractivity contribution is 0.0921. The summed E-state index contributed by atoms with van der Waals surface area (Å²) in [5, 5.41) is 3.88. The van der Waals surface area contributed by atoms with Crippen LogP contribution in [0.2, 0.25) is 0 Å². The van der Waals surface area contributed by atoms with Gasteiger partial charge in [0.05, 0.1) is 11.3 Å². The number of carbonyl (C=O) groups is 2. The van der Waals surface area contributed by atoms with Crippen LogP contribution in [-0.4, -0.2) is 21.5 Å². The molecule has 0 saturated heterocycles. The summed E-state index contributed by atoms with van der Waals surface area (Å²) in [6.07, 6.45) is 1.46. The molecule has 0 fully saturated rings. The van der Waals surface area contributed by atoms with E-state index in [4.69, 9.17) is 0 Å². The molecule has 64 valence electrons. The van der Waals surface area contributed by atoms with E-state index < -0.39 is 0 Å². The predicted molar refractivity (Wildman–Crippen MR) is 43.3 cm³/mol. The first-order valence-electron chi connectivity index (χ1n) is 3.60. The van der Waals surface area contributed by atoms with Crippen molar-refractivity contribution in [3.63, 3.8) is 0 Å². The second kappa shape index (κ2) is 2.89. The molecule has 0 radical (unpaired) electrons. The SMILES string of the molecule is CC(=O)c1cn(C(C)=O)nc1C. The van der Waals surface area contributed by atoms with Crippen molar-refractivity contribution >= 4 is 11.7 Å². The molecule has 0 N–H and O–H groups in total. The molecule has 0 unspecified atom stereocenters. The lowest BCUT2D eigenvalue weighted by Crippen LogP contribution is -2.05. The highest BCUT2D eigenvalue weighted by molar-refractivity contribution is 5.95. The summed E-state index contributed by atoms with van der Waals surface area (Å²) in [6, 6.07) is 0. The van der Waals surface area contributed by atoms with Gasteiger partial charge in [-0.1, -0.05) is 0 Å². The Bertz CT molecular complexity index is 339. The average Bonchev–Trinajstić information content (AvgIpc) is 2.30. The van der Waals surface area contributed by atoms with Crippen molar-refractivity contribution in [2.24, 2.45) is 0 Å². The number of hydrogen-bond donors (Lipinski definition) is 0. The van der Waals surface area contributed by atoms with Gasteiger partial charge in [-0.15, -0.1) is 0 Å². The lowest BCUT2D eigenvalue weighted by atomic mass is 10.2. The summed E-state index contributed by atoms with van der Waals surface area (Å²) >= 11 is 0. The Morgan fingerprint density at radius 2 is 2.00 bits per heavy atom. The molecule has 4 heteroatoms. The molecule has 0 bridgehead atoms. The summed E-state index contributed by atoms with van der Waals surface area (Å²) in [5.74, 6) is -0.259. The molecular formula is C8H10N2O2. The molecular weight excluding hydrogens is 156 g/mol. The van der Waals surface area contributed by atoms with Crippen molar-refractivity contribution in [3.8, 4) is 0 Å². The van der Waals surface area contributed by atoms with Gasteiger partial charge in [-0.05, 0) is 13.8 Å². The van der Waals surface area contributed by atoms with Crippen molar-refractivity contribution < 1.29 is 9.59 Å². The topological polar surface area (TPSA) is 52.0 Å². The van der Waals surface area contributed by atoms with E-state index in [1.807, 2.05) is 0 Å². The monoisotopic (exact) mass is 166 g/mol. The fraction of sp³-hybridized carbons (Fsp3) is 0.375. The Kier molecular flexibility index (Phi) is 2.08. The van der Waals surface area contributed by atoms with Gasteiger partial charge >= 0.3 is 0 Å². The second-order valence-corrected chi connectivity index (χ2v) is 2.65. The fourth-order valence-electron chi connectivity index (χ4n) is 0.967. The van der Waals surface area contributed by atoms with Gasteiger partial charge in [0.15, 0.2) is 5.78 Å². The largest absolute Gasteiger partial charge is 0.294 e. The molecule has 1 aromatic rings. The highest BCUT2D eigenvalue weighted by atomic mass is 16.2. The van der Waals surface area contributed by atoms with Crippen LogP contribution in [0.15, 0.2) is 6.20 Å². The van der Waals surface area contributed by atoms with E-state index in [0.717, 1.165) is 0 Å². The molecule has 0 amide bonds. The average molecular weight is 166 g/mol. The molecule has 0 saturated carbocycles. The van der Waals surface area contributed by atoms with Crippen LogP contribution < -0.4 is 0 Å². The van der Waals surface area contributed by atoms with Gasteiger partial charge in [-0.25, -0.2) is 4.68 Å². The standard InChI is InChI=1S/C8H10N2O2/c1-5-8(6(2)11)4-10(9-5)7(3)12/h4H,1-3H3. The minimum Gasteiger partial charge on any atom is -0.294 e. The van der Waals surface area contributed by atoms with E-state index in [0.29, 0.717) is 11.3 Å². The zero-order chi connectivity index (χ0) is 9.30. The Morgan fingerprint density at radius 3 is 2.25 bits per heavy atom. The van der Waals surface area contributed by atoms with Crippen LogP contribution in [0, 0.1) is 6.92 Å². The number of rotatable bonds is 1. The van der Waals surface area contributed by atoms with Gasteiger partial charge in [0.25, 0.3) is 0 Å². The van der Waals surface area contributed by atoms with E-state index in [2.05, 4.69) is 5.10 Å². The molecule has 0 aromatic carbocycles. The van der Waals surface area contributed by atoms with Gasteiger partial charge in [0, 0.05) is 13.1 Å². The normalized spacial score (nSPS) is 9.92. The third-order valence-corrected chi connectivity index (χ3v) is 1.60. The van der Waals surface area contributed by atoms with Crippen LogP contribution in [-0.2, 0) is 0 Å². The Balaban J connectivity index is 3.17. The fourth-order valence-corrected chi connectivity index (χ4v) is 0.967. The second-order valence-electron chi connectivity index (χ2n) is 2.65. The van der Waals surface area contributed by atoms with E-state index in [-0.39, 0.29) is 11.7 Å². The van der Waals surface area contributed by atoms with Crippen molar-refractivity contribution in [1.29, 1.82) is 0 Å². The maximum absolute atomic E-state index is 10.9. The number of hydrogen-bond acceptors (Lipinski definition) is 3. The Morgan fingerprint density at radius 1 is 1.42 bits per heavy atom. The van der Waals surface area contributed by atoms with E-state index in [9.17, 15) is 9.59 Å². The van der Waals surface area contributed by atoms with Gasteiger partial charge in [0.2, 0.25) is 5.91 Å². The number of aromatic nitrogens is 2. The minimum atomic E-state index is -0.189. The number of ketones is 1. The zero-order valence-electron chi connectivity index (χ0n) is 7.29. The molecule has 12 heavy (non-hydrogen) atoms. The van der Waals surface area contributed by atoms with Gasteiger partial charge < -0.3 is 0 Å². The highest BCUT2D eigenvalue weighted by Gasteiger charge is 2.10. The summed E-state index contributed by atoms with van der Waals surface area (Å²) in [4.78, 5) is 21.8. The van der Waals surface area contributed by atoms with Crippen LogP contribution >= 0.6 is 0 Å². The lowest BCUT2D eigenvalue weighted by Gasteiger charge is -1.88. The summed E-state index contributed by atoms with van der Waals surface area (Å²) in [6.45, 7) is 4.56. The van der Waals surface area contributed by atoms with Crippen LogP contribution in [0.3, 0.4) is 0 Å². The number of nitrogens with zero attached hydrogens (tertiary/aromatic N) is 2. The molecule has 1 heterocycles. The number of aryl methyl sites for hydroxylation is 1.